The fourth-order valence-electron chi connectivity index (χ4n) is 2.10. The van der Waals surface area contributed by atoms with E-state index in [-0.39, 0.29) is 11.6 Å². The highest BCUT2D eigenvalue weighted by atomic mass is 32.1. The molecule has 6 nitrogen and oxygen atoms in total. The molecule has 2 rings (SSSR count). The van der Waals surface area contributed by atoms with Crippen LogP contribution in [0.15, 0.2) is 41.4 Å². The summed E-state index contributed by atoms with van der Waals surface area (Å²) in [7, 11) is 3.02. The van der Waals surface area contributed by atoms with Crippen molar-refractivity contribution in [3.8, 4) is 11.5 Å². The van der Waals surface area contributed by atoms with Gasteiger partial charge >= 0.3 is 0 Å². The molecule has 0 aliphatic carbocycles. The number of carbonyl (C=O) groups excluding carboxylic acids is 2. The Balaban J connectivity index is 2.26. The number of nitrogens with one attached hydrogen (secondary N) is 2. The molecule has 0 aliphatic heterocycles. The summed E-state index contributed by atoms with van der Waals surface area (Å²) in [4.78, 5) is 25.6. The molecule has 25 heavy (non-hydrogen) atoms. The molecule has 0 saturated carbocycles. The average Bonchev–Trinajstić information content (AvgIpc) is 3.13. The van der Waals surface area contributed by atoms with Crippen molar-refractivity contribution in [1.82, 2.24) is 10.6 Å². The lowest BCUT2D eigenvalue weighted by Crippen LogP contribution is -2.34. The Bertz CT molecular complexity index is 769. The molecule has 0 atom stereocenters. The van der Waals surface area contributed by atoms with Gasteiger partial charge in [0.2, 0.25) is 0 Å². The van der Waals surface area contributed by atoms with Crippen LogP contribution in [0.4, 0.5) is 0 Å². The van der Waals surface area contributed by atoms with E-state index in [9.17, 15) is 9.59 Å². The Morgan fingerprint density at radius 2 is 1.92 bits per heavy atom. The van der Waals surface area contributed by atoms with Crippen LogP contribution in [0.1, 0.15) is 22.2 Å². The Morgan fingerprint density at radius 3 is 2.52 bits per heavy atom. The van der Waals surface area contributed by atoms with Crippen LogP contribution in [0.2, 0.25) is 0 Å². The molecule has 0 unspecified atom stereocenters. The van der Waals surface area contributed by atoms with E-state index in [4.69, 9.17) is 9.47 Å². The highest BCUT2D eigenvalue weighted by Crippen LogP contribution is 2.27. The van der Waals surface area contributed by atoms with Crippen molar-refractivity contribution >= 4 is 29.2 Å². The Labute approximate surface area is 150 Å². The zero-order valence-electron chi connectivity index (χ0n) is 14.3. The van der Waals surface area contributed by atoms with Gasteiger partial charge in [-0.05, 0) is 42.6 Å². The quantitative estimate of drug-likeness (QED) is 0.745. The van der Waals surface area contributed by atoms with Crippen LogP contribution in [0.25, 0.3) is 6.08 Å². The van der Waals surface area contributed by atoms with Crippen LogP contribution < -0.4 is 20.1 Å². The first-order chi connectivity index (χ1) is 12.1. The third-order valence-electron chi connectivity index (χ3n) is 3.31. The molecule has 1 heterocycles. The molecule has 1 aromatic heterocycles. The number of ether oxygens (including phenoxy) is 2. The summed E-state index contributed by atoms with van der Waals surface area (Å²) in [5.74, 6) is 0.216. The second kappa shape index (κ2) is 8.89. The molecule has 7 heteroatoms. The largest absolute Gasteiger partial charge is 0.493 e. The summed E-state index contributed by atoms with van der Waals surface area (Å²) in [5.41, 5.74) is 0.545. The summed E-state index contributed by atoms with van der Waals surface area (Å²) in [5, 5.41) is 7.26. The number of rotatable bonds is 7. The van der Waals surface area contributed by atoms with E-state index in [2.05, 4.69) is 10.6 Å². The molecular weight excluding hydrogens is 340 g/mol. The Hall–Kier alpha value is -2.80. The molecule has 132 valence electrons. The minimum Gasteiger partial charge on any atom is -0.493 e. The topological polar surface area (TPSA) is 76.7 Å². The number of benzene rings is 1. The molecule has 2 N–H and O–H groups in total. The highest BCUT2D eigenvalue weighted by molar-refractivity contribution is 7.10. The van der Waals surface area contributed by atoms with Gasteiger partial charge in [0.15, 0.2) is 11.5 Å². The third kappa shape index (κ3) is 4.84. The van der Waals surface area contributed by atoms with E-state index in [0.29, 0.717) is 23.6 Å². The van der Waals surface area contributed by atoms with Crippen LogP contribution >= 0.6 is 11.3 Å². The van der Waals surface area contributed by atoms with Crippen LogP contribution in [0, 0.1) is 0 Å². The predicted molar refractivity (Wildman–Crippen MR) is 98.0 cm³/mol. The van der Waals surface area contributed by atoms with Gasteiger partial charge in [0.1, 0.15) is 5.70 Å². The first-order valence-corrected chi connectivity index (χ1v) is 8.53. The molecule has 0 aliphatic rings. The number of amides is 2. The molecule has 0 spiro atoms. The maximum atomic E-state index is 12.5. The van der Waals surface area contributed by atoms with Crippen LogP contribution in [-0.4, -0.2) is 32.6 Å². The van der Waals surface area contributed by atoms with Crippen molar-refractivity contribution in [2.24, 2.45) is 0 Å². The lowest BCUT2D eigenvalue weighted by atomic mass is 10.1. The standard InChI is InChI=1S/C18H20N2O4S/c1-4-19-18(22)14(11-13-6-5-9-25-13)20-17(21)12-7-8-15(23-2)16(10-12)24-3/h5-11H,4H2,1-3H3,(H,19,22)(H,20,21)/b14-11-. The fourth-order valence-corrected chi connectivity index (χ4v) is 2.76. The van der Waals surface area contributed by atoms with Crippen LogP contribution in [0.5, 0.6) is 11.5 Å². The number of thiophene rings is 1. The summed E-state index contributed by atoms with van der Waals surface area (Å²) in [6.07, 6.45) is 1.65. The second-order valence-electron chi connectivity index (χ2n) is 4.96. The maximum Gasteiger partial charge on any atom is 0.267 e. The van der Waals surface area contributed by atoms with Gasteiger partial charge in [0, 0.05) is 17.0 Å². The summed E-state index contributed by atoms with van der Waals surface area (Å²) >= 11 is 1.48. The van der Waals surface area contributed by atoms with E-state index in [1.54, 1.807) is 24.3 Å². The minimum absolute atomic E-state index is 0.184. The third-order valence-corrected chi connectivity index (χ3v) is 4.12. The van der Waals surface area contributed by atoms with Gasteiger partial charge in [-0.3, -0.25) is 9.59 Å². The van der Waals surface area contributed by atoms with Crippen LogP contribution in [-0.2, 0) is 4.79 Å². The zero-order chi connectivity index (χ0) is 18.2. The highest BCUT2D eigenvalue weighted by Gasteiger charge is 2.16. The summed E-state index contributed by atoms with van der Waals surface area (Å²) in [6.45, 7) is 2.28. The van der Waals surface area contributed by atoms with E-state index in [1.807, 2.05) is 24.4 Å². The fraction of sp³-hybridized carbons (Fsp3) is 0.222. The first-order valence-electron chi connectivity index (χ1n) is 7.65. The average molecular weight is 360 g/mol. The van der Waals surface area contributed by atoms with Crippen molar-refractivity contribution in [2.75, 3.05) is 20.8 Å². The second-order valence-corrected chi connectivity index (χ2v) is 5.94. The van der Waals surface area contributed by atoms with E-state index < -0.39 is 5.91 Å². The van der Waals surface area contributed by atoms with Crippen molar-refractivity contribution in [1.29, 1.82) is 0 Å². The van der Waals surface area contributed by atoms with Gasteiger partial charge in [-0.1, -0.05) is 6.07 Å². The monoisotopic (exact) mass is 360 g/mol. The zero-order valence-corrected chi connectivity index (χ0v) is 15.1. The van der Waals surface area contributed by atoms with Gasteiger partial charge in [0.05, 0.1) is 14.2 Å². The van der Waals surface area contributed by atoms with E-state index >= 15 is 0 Å². The van der Waals surface area contributed by atoms with Gasteiger partial charge in [0.25, 0.3) is 11.8 Å². The summed E-state index contributed by atoms with van der Waals surface area (Å²) in [6, 6.07) is 8.56. The van der Waals surface area contributed by atoms with E-state index in [1.165, 1.54) is 25.6 Å². The molecule has 1 aromatic carbocycles. The molecule has 0 fully saturated rings. The van der Waals surface area contributed by atoms with Gasteiger partial charge in [-0.2, -0.15) is 0 Å². The predicted octanol–water partition coefficient (Wildman–Crippen LogP) is 2.67. The molecule has 2 amide bonds. The van der Waals surface area contributed by atoms with Gasteiger partial charge in [-0.15, -0.1) is 11.3 Å². The Morgan fingerprint density at radius 1 is 1.16 bits per heavy atom. The van der Waals surface area contributed by atoms with Crippen molar-refractivity contribution in [2.45, 2.75) is 6.92 Å². The van der Waals surface area contributed by atoms with Crippen molar-refractivity contribution in [3.63, 3.8) is 0 Å². The smallest absolute Gasteiger partial charge is 0.267 e. The van der Waals surface area contributed by atoms with Gasteiger partial charge in [-0.25, -0.2) is 0 Å². The number of hydrogen-bond acceptors (Lipinski definition) is 5. The molecule has 2 aromatic rings. The Kier molecular flexibility index (Phi) is 6.59. The lowest BCUT2D eigenvalue weighted by molar-refractivity contribution is -0.117. The number of carbonyl (C=O) groups is 2. The number of hydrogen-bond donors (Lipinski definition) is 2. The summed E-state index contributed by atoms with van der Waals surface area (Å²) < 4.78 is 10.4. The molecule has 0 radical (unpaired) electrons. The molecule has 0 bridgehead atoms. The molecule has 0 saturated heterocycles. The molecular formula is C18H20N2O4S. The number of likely N-dealkylation sites (N-methyl/N-ethyl adjacent to an activating group) is 1. The number of methoxy groups -OCH3 is 2. The SMILES string of the molecule is CCNC(=O)/C(=C/c1cccs1)NC(=O)c1ccc(OC)c(OC)c1. The normalized spacial score (nSPS) is 10.9. The van der Waals surface area contributed by atoms with E-state index in [0.717, 1.165) is 4.88 Å². The van der Waals surface area contributed by atoms with Crippen LogP contribution in [0.3, 0.4) is 0 Å². The van der Waals surface area contributed by atoms with Crippen molar-refractivity contribution in [3.05, 3.63) is 51.8 Å². The van der Waals surface area contributed by atoms with Gasteiger partial charge < -0.3 is 20.1 Å². The minimum atomic E-state index is -0.407. The van der Waals surface area contributed by atoms with Crippen molar-refractivity contribution < 1.29 is 19.1 Å². The first kappa shape index (κ1) is 18.5. The lowest BCUT2D eigenvalue weighted by Gasteiger charge is -2.12. The maximum absolute atomic E-state index is 12.5.